The van der Waals surface area contributed by atoms with Crippen LogP contribution in [0.25, 0.3) is 0 Å². The normalized spacial score (nSPS) is 24.6. The lowest BCUT2D eigenvalue weighted by atomic mass is 9.72. The van der Waals surface area contributed by atoms with Crippen molar-refractivity contribution < 1.29 is 14.1 Å². The van der Waals surface area contributed by atoms with Crippen molar-refractivity contribution in [1.82, 2.24) is 10.1 Å². The molecule has 2 atom stereocenters. The second-order valence-corrected chi connectivity index (χ2v) is 8.72. The summed E-state index contributed by atoms with van der Waals surface area (Å²) in [6.45, 7) is 7.00. The van der Waals surface area contributed by atoms with E-state index in [1.165, 1.54) is 16.7 Å². The first-order valence-electron chi connectivity index (χ1n) is 9.87. The van der Waals surface area contributed by atoms with Crippen LogP contribution in [0.4, 0.5) is 4.79 Å². The molecule has 0 saturated heterocycles. The van der Waals surface area contributed by atoms with E-state index in [0.717, 1.165) is 31.4 Å². The van der Waals surface area contributed by atoms with Crippen molar-refractivity contribution in [3.63, 3.8) is 0 Å². The molecule has 5 nitrogen and oxygen atoms in total. The number of ether oxygens (including phenoxy) is 1. The van der Waals surface area contributed by atoms with Crippen LogP contribution < -0.4 is 0 Å². The number of carbonyl (C=O) groups is 1. The van der Waals surface area contributed by atoms with Gasteiger partial charge in [-0.15, -0.1) is 0 Å². The Morgan fingerprint density at radius 1 is 1.33 bits per heavy atom. The van der Waals surface area contributed by atoms with Gasteiger partial charge in [0, 0.05) is 30.5 Å². The lowest BCUT2D eigenvalue weighted by Gasteiger charge is -2.39. The number of aromatic nitrogens is 1. The highest BCUT2D eigenvalue weighted by atomic mass is 16.6. The quantitative estimate of drug-likeness (QED) is 0.705. The minimum Gasteiger partial charge on any atom is -0.444 e. The summed E-state index contributed by atoms with van der Waals surface area (Å²) in [4.78, 5) is 14.3. The number of amides is 1. The maximum Gasteiger partial charge on any atom is 0.410 e. The largest absolute Gasteiger partial charge is 0.444 e. The fourth-order valence-electron chi connectivity index (χ4n) is 4.30. The standard InChI is InChI=1S/C22H28N2O3/c1-22(2,3)26-21(25)24-10-9-18-17(14-24)12-16-13-23-27-20(16)19(18)11-15-7-5-4-6-8-15/h5,7-9,13,17,19H,4,6,10-12,14H2,1-3H3. The molecule has 3 aliphatic rings. The van der Waals surface area contributed by atoms with Crippen molar-refractivity contribution in [3.05, 3.63) is 53.0 Å². The van der Waals surface area contributed by atoms with Crippen LogP contribution in [0.1, 0.15) is 57.3 Å². The minimum absolute atomic E-state index is 0.219. The minimum atomic E-state index is -0.475. The van der Waals surface area contributed by atoms with Crippen LogP contribution in [-0.4, -0.2) is 34.8 Å². The van der Waals surface area contributed by atoms with Gasteiger partial charge >= 0.3 is 6.09 Å². The van der Waals surface area contributed by atoms with E-state index in [-0.39, 0.29) is 12.0 Å². The van der Waals surface area contributed by atoms with Crippen LogP contribution in [0.15, 0.2) is 46.2 Å². The summed E-state index contributed by atoms with van der Waals surface area (Å²) in [6, 6.07) is 0. The first-order chi connectivity index (χ1) is 12.9. The average Bonchev–Trinajstić information content (AvgIpc) is 3.09. The molecule has 0 spiro atoms. The summed E-state index contributed by atoms with van der Waals surface area (Å²) in [5.41, 5.74) is 3.45. The van der Waals surface area contributed by atoms with Gasteiger partial charge in [0.25, 0.3) is 0 Å². The van der Waals surface area contributed by atoms with E-state index in [2.05, 4.69) is 29.5 Å². The van der Waals surface area contributed by atoms with Crippen LogP contribution in [0.5, 0.6) is 0 Å². The van der Waals surface area contributed by atoms with Gasteiger partial charge in [-0.2, -0.15) is 0 Å². The maximum absolute atomic E-state index is 12.5. The van der Waals surface area contributed by atoms with E-state index in [0.29, 0.717) is 19.0 Å². The molecule has 2 heterocycles. The van der Waals surface area contributed by atoms with Gasteiger partial charge in [0.1, 0.15) is 11.4 Å². The number of hydrogen-bond donors (Lipinski definition) is 0. The van der Waals surface area contributed by atoms with Crippen LogP contribution in [0, 0.1) is 5.92 Å². The maximum atomic E-state index is 12.5. The zero-order chi connectivity index (χ0) is 19.0. The molecule has 0 fully saturated rings. The van der Waals surface area contributed by atoms with Gasteiger partial charge in [-0.05, 0) is 46.5 Å². The smallest absolute Gasteiger partial charge is 0.410 e. The number of fused-ring (bicyclic) bond motifs is 2. The van der Waals surface area contributed by atoms with Gasteiger partial charge in [-0.25, -0.2) is 4.79 Å². The molecule has 1 amide bonds. The highest BCUT2D eigenvalue weighted by Crippen LogP contribution is 2.44. The molecule has 0 N–H and O–H groups in total. The van der Waals surface area contributed by atoms with E-state index in [9.17, 15) is 4.79 Å². The Bertz CT molecular complexity index is 810. The molecule has 5 heteroatoms. The van der Waals surface area contributed by atoms with Gasteiger partial charge in [0.2, 0.25) is 0 Å². The summed E-state index contributed by atoms with van der Waals surface area (Å²) >= 11 is 0. The molecular formula is C22H28N2O3. The molecule has 27 heavy (non-hydrogen) atoms. The molecule has 2 unspecified atom stereocenters. The van der Waals surface area contributed by atoms with E-state index in [1.54, 1.807) is 0 Å². The first kappa shape index (κ1) is 18.1. The number of carbonyl (C=O) groups excluding carboxylic acids is 1. The third-order valence-electron chi connectivity index (χ3n) is 5.48. The Kier molecular flexibility index (Phi) is 4.70. The van der Waals surface area contributed by atoms with Gasteiger partial charge in [0.05, 0.1) is 6.20 Å². The lowest BCUT2D eigenvalue weighted by molar-refractivity contribution is 0.0235. The van der Waals surface area contributed by atoms with Crippen LogP contribution in [-0.2, 0) is 11.2 Å². The summed E-state index contributed by atoms with van der Waals surface area (Å²) in [7, 11) is 0. The second kappa shape index (κ2) is 7.02. The van der Waals surface area contributed by atoms with E-state index >= 15 is 0 Å². The highest BCUT2D eigenvalue weighted by Gasteiger charge is 2.39. The van der Waals surface area contributed by atoms with E-state index in [4.69, 9.17) is 9.26 Å². The fourth-order valence-corrected chi connectivity index (χ4v) is 4.30. The van der Waals surface area contributed by atoms with Gasteiger partial charge in [-0.3, -0.25) is 0 Å². The Hall–Kier alpha value is -2.30. The van der Waals surface area contributed by atoms with Gasteiger partial charge in [0.15, 0.2) is 0 Å². The fraction of sp³-hybridized carbons (Fsp3) is 0.545. The molecule has 0 bridgehead atoms. The van der Waals surface area contributed by atoms with Crippen LogP contribution >= 0.6 is 0 Å². The molecular weight excluding hydrogens is 340 g/mol. The number of allylic oxidation sites excluding steroid dienone is 4. The Morgan fingerprint density at radius 2 is 2.19 bits per heavy atom. The monoisotopic (exact) mass is 368 g/mol. The van der Waals surface area contributed by atoms with E-state index in [1.807, 2.05) is 31.9 Å². The third-order valence-corrected chi connectivity index (χ3v) is 5.48. The van der Waals surface area contributed by atoms with Crippen molar-refractivity contribution in [2.75, 3.05) is 13.1 Å². The van der Waals surface area contributed by atoms with Crippen molar-refractivity contribution >= 4 is 6.09 Å². The molecule has 0 radical (unpaired) electrons. The number of nitrogens with zero attached hydrogens (tertiary/aromatic N) is 2. The summed E-state index contributed by atoms with van der Waals surface area (Å²) < 4.78 is 11.2. The first-order valence-corrected chi connectivity index (χ1v) is 9.87. The number of hydrogen-bond acceptors (Lipinski definition) is 4. The van der Waals surface area contributed by atoms with Crippen LogP contribution in [0.2, 0.25) is 0 Å². The topological polar surface area (TPSA) is 55.6 Å². The van der Waals surface area contributed by atoms with E-state index < -0.39 is 5.60 Å². The van der Waals surface area contributed by atoms with Gasteiger partial charge < -0.3 is 14.2 Å². The summed E-state index contributed by atoms with van der Waals surface area (Å²) in [5, 5.41) is 4.06. The van der Waals surface area contributed by atoms with Gasteiger partial charge in [-0.1, -0.05) is 40.6 Å². The SMILES string of the molecule is CC(C)(C)OC(=O)N1CC=C2C(Cc3cnoc3C2CC2=CCCC=C2)C1. The molecule has 2 aliphatic carbocycles. The molecule has 144 valence electrons. The third kappa shape index (κ3) is 3.87. The Morgan fingerprint density at radius 3 is 2.93 bits per heavy atom. The molecule has 1 aliphatic heterocycles. The Balaban J connectivity index is 1.57. The summed E-state index contributed by atoms with van der Waals surface area (Å²) in [5.74, 6) is 1.52. The predicted octanol–water partition coefficient (Wildman–Crippen LogP) is 4.77. The zero-order valence-corrected chi connectivity index (χ0v) is 16.4. The molecule has 0 aromatic carbocycles. The average molecular weight is 368 g/mol. The lowest BCUT2D eigenvalue weighted by Crippen LogP contribution is -2.44. The molecule has 0 saturated carbocycles. The summed E-state index contributed by atoms with van der Waals surface area (Å²) in [6.07, 6.45) is 14.7. The predicted molar refractivity (Wildman–Crippen MR) is 103 cm³/mol. The zero-order valence-electron chi connectivity index (χ0n) is 16.4. The second-order valence-electron chi connectivity index (χ2n) is 8.72. The van der Waals surface area contributed by atoms with Crippen molar-refractivity contribution in [3.8, 4) is 0 Å². The molecule has 4 rings (SSSR count). The van der Waals surface area contributed by atoms with Crippen molar-refractivity contribution in [2.24, 2.45) is 5.92 Å². The number of rotatable bonds is 2. The van der Waals surface area contributed by atoms with Crippen molar-refractivity contribution in [2.45, 2.75) is 58.0 Å². The van der Waals surface area contributed by atoms with Crippen LogP contribution in [0.3, 0.4) is 0 Å². The van der Waals surface area contributed by atoms with Crippen molar-refractivity contribution in [1.29, 1.82) is 0 Å². The Labute approximate surface area is 160 Å². The highest BCUT2D eigenvalue weighted by molar-refractivity contribution is 5.69. The molecule has 1 aromatic rings. The molecule has 1 aromatic heterocycles.